The number of quaternary nitrogens is 1. The van der Waals surface area contributed by atoms with Crippen molar-refractivity contribution in [3.05, 3.63) is 38.7 Å². The molecule has 1 aromatic carbocycles. The minimum atomic E-state index is -1.88. The Kier molecular flexibility index (Phi) is 8.80. The zero-order valence-electron chi connectivity index (χ0n) is 21.4. The van der Waals surface area contributed by atoms with E-state index in [1.165, 1.54) is 13.4 Å². The summed E-state index contributed by atoms with van der Waals surface area (Å²) in [7, 11) is 1.28. The fourth-order valence-corrected chi connectivity index (χ4v) is 6.09. The van der Waals surface area contributed by atoms with E-state index < -0.39 is 72.2 Å². The third-order valence-corrected chi connectivity index (χ3v) is 8.23. The van der Waals surface area contributed by atoms with Crippen molar-refractivity contribution in [2.24, 2.45) is 4.99 Å². The average Bonchev–Trinajstić information content (AvgIpc) is 3.58. The quantitative estimate of drug-likeness (QED) is 0.0877. The van der Waals surface area contributed by atoms with Gasteiger partial charge in [-0.15, -0.1) is 0 Å². The predicted molar refractivity (Wildman–Crippen MR) is 152 cm³/mol. The first-order valence-electron chi connectivity index (χ1n) is 12.6. The van der Waals surface area contributed by atoms with Crippen LogP contribution in [-0.2, 0) is 20.8 Å². The third kappa shape index (κ3) is 5.20. The number of aliphatic imine (C=N–C) groups is 1. The molecule has 0 radical (unpaired) electrons. The fourth-order valence-electron chi connectivity index (χ4n) is 5.32. The molecule has 41 heavy (non-hydrogen) atoms. The maximum absolute atomic E-state index is 12.2. The number of benzene rings is 1. The Morgan fingerprint density at radius 1 is 1.12 bits per heavy atom. The van der Waals surface area contributed by atoms with Gasteiger partial charge in [0, 0.05) is 17.2 Å². The molecule has 3 aliphatic heterocycles. The summed E-state index contributed by atoms with van der Waals surface area (Å²) in [6, 6.07) is 7.70. The first-order valence-corrected chi connectivity index (χ1v) is 14.0. The van der Waals surface area contributed by atoms with E-state index in [2.05, 4.69) is 48.2 Å². The molecule has 8 N–H and O–H groups in total. The Morgan fingerprint density at radius 3 is 2.49 bits per heavy atom. The minimum Gasteiger partial charge on any atom is -0.394 e. The van der Waals surface area contributed by atoms with E-state index in [4.69, 9.17) is 21.1 Å². The van der Waals surface area contributed by atoms with Crippen molar-refractivity contribution >= 4 is 63.8 Å². The van der Waals surface area contributed by atoms with Crippen LogP contribution < -0.4 is 15.1 Å². The van der Waals surface area contributed by atoms with Gasteiger partial charge >= 0.3 is 0 Å². The van der Waals surface area contributed by atoms with E-state index in [1.54, 1.807) is 0 Å². The van der Waals surface area contributed by atoms with Crippen LogP contribution in [0.15, 0.2) is 29.3 Å². The smallest absolute Gasteiger partial charge is 0.271 e. The molecule has 17 heteroatoms. The summed E-state index contributed by atoms with van der Waals surface area (Å²) in [5.74, 6) is -0.711. The summed E-state index contributed by atoms with van der Waals surface area (Å²) >= 11 is 8.52. The first kappa shape index (κ1) is 30.4. The highest BCUT2D eigenvalue weighted by atomic mass is 127. The van der Waals surface area contributed by atoms with Gasteiger partial charge in [-0.2, -0.15) is 19.4 Å². The number of aromatic nitrogens is 2. The lowest BCUT2D eigenvalue weighted by molar-refractivity contribution is -0.161. The Balaban J connectivity index is 1.60. The number of hydrogen-bond acceptors (Lipinski definition) is 13. The number of halogens is 2. The van der Waals surface area contributed by atoms with Gasteiger partial charge in [-0.25, -0.2) is 0 Å². The number of fused-ring (bicyclic) bond motifs is 1. The fraction of sp³-hybridized carbons (Fsp3) is 0.500. The molecule has 0 aliphatic carbocycles. The van der Waals surface area contributed by atoms with Crippen molar-refractivity contribution in [2.45, 2.75) is 61.7 Å². The molecule has 0 spiro atoms. The number of ether oxygens (including phenoxy) is 2. The number of carbonyl (C=O) groups is 1. The molecule has 222 valence electrons. The highest BCUT2D eigenvalue weighted by Gasteiger charge is 2.67. The Hall–Kier alpha value is -2.10. The van der Waals surface area contributed by atoms with Crippen molar-refractivity contribution in [3.8, 4) is 0 Å². The summed E-state index contributed by atoms with van der Waals surface area (Å²) in [6.07, 6.45) is -13.3. The molecular weight excluding hydrogens is 679 g/mol. The van der Waals surface area contributed by atoms with E-state index in [1.807, 2.05) is 24.3 Å². The van der Waals surface area contributed by atoms with Gasteiger partial charge in [0.15, 0.2) is 29.8 Å². The second-order valence-corrected chi connectivity index (χ2v) is 11.4. The predicted octanol–water partition coefficient (Wildman–Crippen LogP) is -1.68. The lowest BCUT2D eigenvalue weighted by atomic mass is 10.0. The largest absolute Gasteiger partial charge is 0.394 e. The second kappa shape index (κ2) is 11.9. The molecule has 10 atom stereocenters. The minimum absolute atomic E-state index is 0.0312. The van der Waals surface area contributed by atoms with E-state index in [-0.39, 0.29) is 22.6 Å². The zero-order chi connectivity index (χ0) is 29.6. The number of rotatable bonds is 8. The molecule has 2 fully saturated rings. The van der Waals surface area contributed by atoms with Gasteiger partial charge in [0.05, 0.1) is 6.61 Å². The van der Waals surface area contributed by atoms with Crippen LogP contribution in [0.1, 0.15) is 5.56 Å². The number of hydrogen-bond donors (Lipinski definition) is 8. The first-order chi connectivity index (χ1) is 19.5. The molecule has 0 saturated carbocycles. The normalized spacial score (nSPS) is 35.0. The van der Waals surface area contributed by atoms with E-state index in [0.29, 0.717) is 6.54 Å². The van der Waals surface area contributed by atoms with Crippen molar-refractivity contribution in [1.29, 1.82) is 0 Å². The highest BCUT2D eigenvalue weighted by molar-refractivity contribution is 14.1. The summed E-state index contributed by atoms with van der Waals surface area (Å²) < 4.78 is 11.9. The number of amides is 1. The number of carbonyl (C=O) groups excluding carboxylic acids is 1. The topological polar surface area (TPSA) is 219 Å². The number of nitrogens with one attached hydrogen (secondary N) is 2. The van der Waals surface area contributed by atoms with E-state index >= 15 is 0 Å². The molecule has 2 aromatic rings. The van der Waals surface area contributed by atoms with Crippen LogP contribution in [0, 0.1) is 3.57 Å². The van der Waals surface area contributed by atoms with Crippen LogP contribution in [0.5, 0.6) is 0 Å². The van der Waals surface area contributed by atoms with Crippen LogP contribution in [0.2, 0.25) is 5.28 Å². The van der Waals surface area contributed by atoms with Gasteiger partial charge in [0.25, 0.3) is 11.7 Å². The molecule has 1 amide bonds. The lowest BCUT2D eigenvalue weighted by Gasteiger charge is -2.40. The number of aliphatic hydroxyl groups is 6. The summed E-state index contributed by atoms with van der Waals surface area (Å²) in [5.41, 5.74) is 1.06. The number of nitrogens with zero attached hydrogens (tertiary/aromatic N) is 4. The van der Waals surface area contributed by atoms with Crippen LogP contribution in [-0.4, -0.2) is 122 Å². The molecule has 1 aromatic heterocycles. The molecule has 0 bridgehead atoms. The van der Waals surface area contributed by atoms with E-state index in [0.717, 1.165) is 9.13 Å². The van der Waals surface area contributed by atoms with Gasteiger partial charge in [-0.1, -0.05) is 12.1 Å². The molecular formula is C24H29ClIN6O9+. The molecule has 2 unspecified atom stereocenters. The molecule has 15 nitrogen and oxygen atoms in total. The second-order valence-electron chi connectivity index (χ2n) is 9.84. The maximum atomic E-state index is 12.2. The number of anilines is 1. The number of likely N-dealkylation sites (N-methyl/N-ethyl adjacent to an activating group) is 1. The van der Waals surface area contributed by atoms with Crippen molar-refractivity contribution in [1.82, 2.24) is 19.8 Å². The van der Waals surface area contributed by atoms with Crippen molar-refractivity contribution < 1.29 is 44.9 Å². The Labute approximate surface area is 252 Å². The van der Waals surface area contributed by atoms with E-state index in [9.17, 15) is 35.4 Å². The van der Waals surface area contributed by atoms with Crippen molar-refractivity contribution in [2.75, 3.05) is 19.0 Å². The highest BCUT2D eigenvalue weighted by Crippen LogP contribution is 2.49. The monoisotopic (exact) mass is 707 g/mol. The third-order valence-electron chi connectivity index (χ3n) is 7.39. The Bertz CT molecular complexity index is 1340. The van der Waals surface area contributed by atoms with Crippen LogP contribution in [0.4, 0.5) is 17.3 Å². The maximum Gasteiger partial charge on any atom is 0.271 e. The summed E-state index contributed by atoms with van der Waals surface area (Å²) in [6.45, 7) is -0.331. The summed E-state index contributed by atoms with van der Waals surface area (Å²) in [4.78, 5) is 25.2. The van der Waals surface area contributed by atoms with Gasteiger partial charge in [0.2, 0.25) is 24.1 Å². The van der Waals surface area contributed by atoms with Crippen LogP contribution >= 0.6 is 34.2 Å². The SMILES string of the molecule is CNC(=O)C(O)[C@H]1O[C@@H]([N+]2([C@@H]3O[C@H](CO)[C@@H](O)[C@H]3O)C=Nc3c(NCc4cccc(I)c4)nc(Cl)nc32)[C@H](O)[C@@H]1O. The Morgan fingerprint density at radius 2 is 1.83 bits per heavy atom. The zero-order valence-corrected chi connectivity index (χ0v) is 24.4. The van der Waals surface area contributed by atoms with Crippen molar-refractivity contribution in [3.63, 3.8) is 0 Å². The van der Waals surface area contributed by atoms with Gasteiger partial charge in [0.1, 0.15) is 24.4 Å². The van der Waals surface area contributed by atoms with Crippen LogP contribution in [0.25, 0.3) is 0 Å². The van der Waals surface area contributed by atoms with Gasteiger partial charge in [-0.05, 0) is 51.9 Å². The standard InChI is InChI=1S/C24H28ClIN6O9/c1-27-21(39)17(38)18-14(35)16(37)23(41-18)32(22-15(36)13(34)11(7-33)40-22)8-29-12-19(30-24(25)31-20(12)32)28-6-9-3-2-4-10(26)5-9/h2-5,8,11,13-18,22-23,33-38H,6-7H2,1H3,(H-,27,28,30,31,39)/p+1/t11-,13-,14+,15-,16-,17?,18+,22-,23-,32?/m1/s1. The van der Waals surface area contributed by atoms with Gasteiger partial charge in [-0.3, -0.25) is 4.79 Å². The molecule has 2 saturated heterocycles. The lowest BCUT2D eigenvalue weighted by Crippen LogP contribution is -2.68. The molecule has 5 rings (SSSR count). The molecule has 4 heterocycles. The summed E-state index contributed by atoms with van der Waals surface area (Å²) in [5, 5.41) is 69.1. The van der Waals surface area contributed by atoms with Crippen LogP contribution in [0.3, 0.4) is 0 Å². The van der Waals surface area contributed by atoms with Gasteiger partial charge < -0.3 is 50.7 Å². The molecule has 3 aliphatic rings. The average molecular weight is 708 g/mol. The number of aliphatic hydroxyl groups excluding tert-OH is 6.